The van der Waals surface area contributed by atoms with Crippen LogP contribution >= 0.6 is 34.3 Å². The van der Waals surface area contributed by atoms with Gasteiger partial charge in [-0.1, -0.05) is 22.9 Å². The number of halogens is 1. The van der Waals surface area contributed by atoms with E-state index in [2.05, 4.69) is 22.4 Å². The van der Waals surface area contributed by atoms with E-state index in [0.29, 0.717) is 0 Å². The van der Waals surface area contributed by atoms with E-state index in [1.165, 1.54) is 0 Å². The first-order valence-corrected chi connectivity index (χ1v) is 6.54. The van der Waals surface area contributed by atoms with Crippen LogP contribution in [-0.4, -0.2) is 17.2 Å². The molecule has 2 aromatic rings. The maximum Gasteiger partial charge on any atom is 0.159 e. The van der Waals surface area contributed by atoms with Crippen molar-refractivity contribution in [1.29, 1.82) is 0 Å². The highest BCUT2D eigenvalue weighted by atomic mass is 35.5. The molecule has 6 heteroatoms. The highest BCUT2D eigenvalue weighted by molar-refractivity contribution is 7.21. The van der Waals surface area contributed by atoms with E-state index >= 15 is 0 Å². The molecule has 1 N–H and O–H groups in total. The maximum absolute atomic E-state index is 6.03. The number of hydrogen-bond donors (Lipinski definition) is 1. The van der Waals surface area contributed by atoms with E-state index in [-0.39, 0.29) is 6.04 Å². The molecule has 1 unspecified atom stereocenters. The predicted molar refractivity (Wildman–Crippen MR) is 65.7 cm³/mol. The largest absolute Gasteiger partial charge is 0.311 e. The minimum Gasteiger partial charge on any atom is -0.311 e. The van der Waals surface area contributed by atoms with E-state index < -0.39 is 0 Å². The first-order valence-electron chi connectivity index (χ1n) is 4.46. The first kappa shape index (κ1) is 11.0. The molecule has 0 aliphatic carbocycles. The van der Waals surface area contributed by atoms with Gasteiger partial charge in [-0.3, -0.25) is 0 Å². The van der Waals surface area contributed by atoms with Crippen molar-refractivity contribution in [3.8, 4) is 9.88 Å². The van der Waals surface area contributed by atoms with Gasteiger partial charge in [-0.25, -0.2) is 0 Å². The van der Waals surface area contributed by atoms with Crippen molar-refractivity contribution in [2.45, 2.75) is 13.0 Å². The third kappa shape index (κ3) is 2.20. The number of rotatable bonds is 3. The van der Waals surface area contributed by atoms with Gasteiger partial charge in [0.2, 0.25) is 0 Å². The summed E-state index contributed by atoms with van der Waals surface area (Å²) in [4.78, 5) is 1.00. The monoisotopic (exact) mass is 259 g/mol. The van der Waals surface area contributed by atoms with Gasteiger partial charge in [-0.15, -0.1) is 21.5 Å². The van der Waals surface area contributed by atoms with Crippen LogP contribution in [0, 0.1) is 0 Å². The van der Waals surface area contributed by atoms with Crippen LogP contribution in [0.3, 0.4) is 0 Å². The zero-order valence-electron chi connectivity index (χ0n) is 8.32. The van der Waals surface area contributed by atoms with Crippen molar-refractivity contribution in [1.82, 2.24) is 15.5 Å². The number of nitrogens with zero attached hydrogens (tertiary/aromatic N) is 2. The summed E-state index contributed by atoms with van der Waals surface area (Å²) in [6.45, 7) is 2.06. The highest BCUT2D eigenvalue weighted by Gasteiger charge is 2.14. The number of nitrogens with one attached hydrogen (secondary N) is 1. The third-order valence-corrected chi connectivity index (χ3v) is 4.66. The standard InChI is InChI=1S/C9H10ClN3S2/c1-5(11-2)8-12-13-9(15-8)7-6(10)3-4-14-7/h3-5,11H,1-2H3. The van der Waals surface area contributed by atoms with Crippen molar-refractivity contribution >= 4 is 34.3 Å². The summed E-state index contributed by atoms with van der Waals surface area (Å²) in [5.41, 5.74) is 0. The lowest BCUT2D eigenvalue weighted by atomic mass is 10.4. The van der Waals surface area contributed by atoms with Crippen molar-refractivity contribution in [2.24, 2.45) is 0 Å². The smallest absolute Gasteiger partial charge is 0.159 e. The highest BCUT2D eigenvalue weighted by Crippen LogP contribution is 2.35. The summed E-state index contributed by atoms with van der Waals surface area (Å²) in [7, 11) is 1.91. The van der Waals surface area contributed by atoms with Gasteiger partial charge in [0.05, 0.1) is 15.9 Å². The lowest BCUT2D eigenvalue weighted by Gasteiger charge is -2.02. The molecule has 80 valence electrons. The molecule has 15 heavy (non-hydrogen) atoms. The molecular formula is C9H10ClN3S2. The molecule has 0 amide bonds. The minimum absolute atomic E-state index is 0.231. The zero-order valence-corrected chi connectivity index (χ0v) is 10.7. The van der Waals surface area contributed by atoms with E-state index in [9.17, 15) is 0 Å². The normalized spacial score (nSPS) is 13.0. The Labute approximate surface area is 101 Å². The van der Waals surface area contributed by atoms with Crippen LogP contribution in [0.1, 0.15) is 18.0 Å². The van der Waals surface area contributed by atoms with Gasteiger partial charge >= 0.3 is 0 Å². The quantitative estimate of drug-likeness (QED) is 0.920. The molecule has 0 aromatic carbocycles. The van der Waals surface area contributed by atoms with Gasteiger partial charge in [-0.05, 0) is 25.4 Å². The fourth-order valence-corrected chi connectivity index (χ4v) is 3.28. The predicted octanol–water partition coefficient (Wildman–Crippen LogP) is 3.20. The maximum atomic E-state index is 6.03. The van der Waals surface area contributed by atoms with Crippen LogP contribution in [0.5, 0.6) is 0 Å². The topological polar surface area (TPSA) is 37.8 Å². The van der Waals surface area contributed by atoms with Gasteiger partial charge in [0, 0.05) is 0 Å². The lowest BCUT2D eigenvalue weighted by molar-refractivity contribution is 0.640. The number of hydrogen-bond acceptors (Lipinski definition) is 5. The Hall–Kier alpha value is -0.490. The summed E-state index contributed by atoms with van der Waals surface area (Å²) in [5, 5.41) is 16.0. The Morgan fingerprint density at radius 1 is 1.47 bits per heavy atom. The van der Waals surface area contributed by atoms with Crippen molar-refractivity contribution in [3.63, 3.8) is 0 Å². The van der Waals surface area contributed by atoms with E-state index in [0.717, 1.165) is 19.9 Å². The summed E-state index contributed by atoms with van der Waals surface area (Å²) < 4.78 is 0. The van der Waals surface area contributed by atoms with Crippen LogP contribution in [0.2, 0.25) is 5.02 Å². The van der Waals surface area contributed by atoms with E-state index in [4.69, 9.17) is 11.6 Å². The second kappa shape index (κ2) is 4.57. The van der Waals surface area contributed by atoms with E-state index in [1.54, 1.807) is 22.7 Å². The van der Waals surface area contributed by atoms with Gasteiger partial charge in [0.15, 0.2) is 5.01 Å². The molecule has 0 bridgehead atoms. The Kier molecular flexibility index (Phi) is 3.35. The molecule has 0 aliphatic heterocycles. The summed E-state index contributed by atoms with van der Waals surface area (Å²) in [6.07, 6.45) is 0. The van der Waals surface area contributed by atoms with E-state index in [1.807, 2.05) is 18.5 Å². The molecular weight excluding hydrogens is 250 g/mol. The minimum atomic E-state index is 0.231. The van der Waals surface area contributed by atoms with Crippen LogP contribution in [-0.2, 0) is 0 Å². The van der Waals surface area contributed by atoms with Crippen molar-refractivity contribution in [2.75, 3.05) is 7.05 Å². The van der Waals surface area contributed by atoms with Crippen LogP contribution in [0.4, 0.5) is 0 Å². The SMILES string of the molecule is CNC(C)c1nnc(-c2sccc2Cl)s1. The zero-order chi connectivity index (χ0) is 10.8. The average Bonchev–Trinajstić information content (AvgIpc) is 2.84. The Bertz CT molecular complexity index is 452. The summed E-state index contributed by atoms with van der Waals surface area (Å²) in [6, 6.07) is 2.11. The Morgan fingerprint density at radius 2 is 2.27 bits per heavy atom. The molecule has 0 saturated heterocycles. The Balaban J connectivity index is 2.32. The summed E-state index contributed by atoms with van der Waals surface area (Å²) in [5.74, 6) is 0. The first-order chi connectivity index (χ1) is 7.22. The molecule has 2 rings (SSSR count). The summed E-state index contributed by atoms with van der Waals surface area (Å²) >= 11 is 9.20. The molecule has 1 atom stereocenters. The van der Waals surface area contributed by atoms with Gasteiger partial charge < -0.3 is 5.32 Å². The van der Waals surface area contributed by atoms with Crippen LogP contribution < -0.4 is 5.32 Å². The van der Waals surface area contributed by atoms with Crippen molar-refractivity contribution in [3.05, 3.63) is 21.5 Å². The molecule has 0 radical (unpaired) electrons. The second-order valence-electron chi connectivity index (χ2n) is 3.05. The van der Waals surface area contributed by atoms with Gasteiger partial charge in [0.25, 0.3) is 0 Å². The lowest BCUT2D eigenvalue weighted by Crippen LogP contribution is -2.11. The van der Waals surface area contributed by atoms with Crippen molar-refractivity contribution < 1.29 is 0 Å². The molecule has 0 spiro atoms. The molecule has 2 aromatic heterocycles. The second-order valence-corrected chi connectivity index (χ2v) is 5.39. The molecule has 3 nitrogen and oxygen atoms in total. The van der Waals surface area contributed by atoms with Crippen LogP contribution in [0.25, 0.3) is 9.88 Å². The Morgan fingerprint density at radius 3 is 2.87 bits per heavy atom. The fraction of sp³-hybridized carbons (Fsp3) is 0.333. The number of aromatic nitrogens is 2. The van der Waals surface area contributed by atoms with Crippen LogP contribution in [0.15, 0.2) is 11.4 Å². The van der Waals surface area contributed by atoms with Gasteiger partial charge in [-0.2, -0.15) is 0 Å². The fourth-order valence-electron chi connectivity index (χ4n) is 1.07. The molecule has 0 aliphatic rings. The molecule has 0 saturated carbocycles. The third-order valence-electron chi connectivity index (χ3n) is 2.06. The molecule has 0 fully saturated rings. The number of thiophene rings is 1. The average molecular weight is 260 g/mol. The van der Waals surface area contributed by atoms with Gasteiger partial charge in [0.1, 0.15) is 5.01 Å². The molecule has 2 heterocycles.